The molecule has 4 nitrogen and oxygen atoms in total. The van der Waals surface area contributed by atoms with E-state index in [1.54, 1.807) is 0 Å². The number of halogens is 2. The van der Waals surface area contributed by atoms with Crippen molar-refractivity contribution in [2.24, 2.45) is 0 Å². The molecule has 0 bridgehead atoms. The molecule has 24 heavy (non-hydrogen) atoms. The normalized spacial score (nSPS) is 12.8. The minimum Gasteiger partial charge on any atom is -0.495 e. The number of rotatable bonds is 7. The van der Waals surface area contributed by atoms with Gasteiger partial charge in [-0.15, -0.1) is 0 Å². The summed E-state index contributed by atoms with van der Waals surface area (Å²) in [6.45, 7) is 1.82. The molecule has 0 aliphatic rings. The van der Waals surface area contributed by atoms with Crippen LogP contribution >= 0.6 is 23.2 Å². The van der Waals surface area contributed by atoms with E-state index in [0.29, 0.717) is 12.2 Å². The first-order valence-electron chi connectivity index (χ1n) is 7.43. The van der Waals surface area contributed by atoms with Gasteiger partial charge in [-0.25, -0.2) is 13.1 Å². The molecule has 130 valence electrons. The molecule has 1 atom stereocenters. The number of hydrogen-bond acceptors (Lipinski definition) is 3. The van der Waals surface area contributed by atoms with Gasteiger partial charge in [0.2, 0.25) is 10.0 Å². The van der Waals surface area contributed by atoms with Crippen LogP contribution in [0.1, 0.15) is 18.9 Å². The van der Waals surface area contributed by atoms with Gasteiger partial charge in [0, 0.05) is 6.04 Å². The number of nitrogens with one attached hydrogen (secondary N) is 1. The van der Waals surface area contributed by atoms with Crippen LogP contribution in [0.5, 0.6) is 5.75 Å². The van der Waals surface area contributed by atoms with Gasteiger partial charge >= 0.3 is 0 Å². The van der Waals surface area contributed by atoms with Gasteiger partial charge in [-0.2, -0.15) is 0 Å². The fraction of sp³-hybridized carbons (Fsp3) is 0.294. The highest BCUT2D eigenvalue weighted by atomic mass is 35.5. The number of benzene rings is 2. The summed E-state index contributed by atoms with van der Waals surface area (Å²) >= 11 is 12.1. The van der Waals surface area contributed by atoms with E-state index in [4.69, 9.17) is 27.9 Å². The van der Waals surface area contributed by atoms with Gasteiger partial charge in [0.15, 0.2) is 0 Å². The Kier molecular flexibility index (Phi) is 6.52. The second-order valence-electron chi connectivity index (χ2n) is 5.44. The summed E-state index contributed by atoms with van der Waals surface area (Å²) in [5.74, 6) is 0.331. The topological polar surface area (TPSA) is 55.4 Å². The predicted molar refractivity (Wildman–Crippen MR) is 97.6 cm³/mol. The highest BCUT2D eigenvalue weighted by molar-refractivity contribution is 7.89. The fourth-order valence-corrected chi connectivity index (χ4v) is 4.41. The summed E-state index contributed by atoms with van der Waals surface area (Å²) in [6.07, 6.45) is 1.45. The molecule has 0 spiro atoms. The second-order valence-corrected chi connectivity index (χ2v) is 7.88. The molecule has 0 aliphatic heterocycles. The third-order valence-corrected chi connectivity index (χ3v) is 6.19. The van der Waals surface area contributed by atoms with Gasteiger partial charge in [-0.3, -0.25) is 0 Å². The lowest BCUT2D eigenvalue weighted by molar-refractivity contribution is 0.414. The van der Waals surface area contributed by atoms with Crippen molar-refractivity contribution in [3.63, 3.8) is 0 Å². The average molecular weight is 388 g/mol. The maximum absolute atomic E-state index is 12.5. The highest BCUT2D eigenvalue weighted by Gasteiger charge is 2.23. The van der Waals surface area contributed by atoms with Crippen molar-refractivity contribution in [2.45, 2.75) is 30.7 Å². The molecule has 0 saturated carbocycles. The molecule has 2 aromatic rings. The maximum Gasteiger partial charge on any atom is 0.242 e. The molecule has 0 heterocycles. The zero-order valence-electron chi connectivity index (χ0n) is 13.4. The van der Waals surface area contributed by atoms with E-state index in [1.165, 1.54) is 19.2 Å². The zero-order chi connectivity index (χ0) is 17.7. The molecule has 0 saturated heterocycles. The molecular weight excluding hydrogens is 369 g/mol. The predicted octanol–water partition coefficient (Wildman–Crippen LogP) is 4.30. The molecule has 0 unspecified atom stereocenters. The molecule has 1 N–H and O–H groups in total. The van der Waals surface area contributed by atoms with E-state index in [-0.39, 0.29) is 21.0 Å². The quantitative estimate of drug-likeness (QED) is 0.770. The third kappa shape index (κ3) is 4.63. The van der Waals surface area contributed by atoms with Crippen LogP contribution in [0, 0.1) is 0 Å². The Morgan fingerprint density at radius 1 is 1.08 bits per heavy atom. The lowest BCUT2D eigenvalue weighted by atomic mass is 10.1. The second kappa shape index (κ2) is 8.21. The molecule has 0 aromatic heterocycles. The third-order valence-electron chi connectivity index (χ3n) is 3.59. The van der Waals surface area contributed by atoms with Crippen molar-refractivity contribution in [3.05, 3.63) is 58.1 Å². The van der Waals surface area contributed by atoms with Crippen LogP contribution in [0.2, 0.25) is 10.0 Å². The fourth-order valence-electron chi connectivity index (χ4n) is 2.29. The lowest BCUT2D eigenvalue weighted by Gasteiger charge is -2.16. The molecule has 0 radical (unpaired) electrons. The summed E-state index contributed by atoms with van der Waals surface area (Å²) in [4.78, 5) is -0.0541. The Balaban J connectivity index is 2.09. The van der Waals surface area contributed by atoms with Crippen molar-refractivity contribution < 1.29 is 13.2 Å². The van der Waals surface area contributed by atoms with Crippen LogP contribution in [0.4, 0.5) is 0 Å². The van der Waals surface area contributed by atoms with Crippen molar-refractivity contribution in [2.75, 3.05) is 7.11 Å². The van der Waals surface area contributed by atoms with E-state index >= 15 is 0 Å². The first kappa shape index (κ1) is 19.1. The van der Waals surface area contributed by atoms with Gasteiger partial charge in [0.1, 0.15) is 15.7 Å². The monoisotopic (exact) mass is 387 g/mol. The molecule has 0 aliphatic carbocycles. The summed E-state index contributed by atoms with van der Waals surface area (Å²) in [5, 5.41) is 0.0396. The molecule has 2 aromatic carbocycles. The van der Waals surface area contributed by atoms with Gasteiger partial charge < -0.3 is 4.74 Å². The maximum atomic E-state index is 12.5. The SMILES string of the molecule is COc1ccc(S(=O)(=O)N[C@H](C)CCc2ccccc2)c(Cl)c1Cl. The standard InChI is InChI=1S/C17H19Cl2NO3S/c1-12(8-9-13-6-4-3-5-7-13)20-24(21,22)15-11-10-14(23-2)16(18)17(15)19/h3-7,10-12,20H,8-9H2,1-2H3/t12-/m1/s1. The van der Waals surface area contributed by atoms with Crippen LogP contribution in [-0.4, -0.2) is 21.6 Å². The Morgan fingerprint density at radius 2 is 1.75 bits per heavy atom. The number of hydrogen-bond donors (Lipinski definition) is 1. The van der Waals surface area contributed by atoms with Gasteiger partial charge in [0.05, 0.1) is 12.1 Å². The Hall–Kier alpha value is -1.27. The number of sulfonamides is 1. The first-order valence-corrected chi connectivity index (χ1v) is 9.67. The van der Waals surface area contributed by atoms with Crippen LogP contribution < -0.4 is 9.46 Å². The molecule has 0 fully saturated rings. The largest absolute Gasteiger partial charge is 0.495 e. The van der Waals surface area contributed by atoms with Crippen LogP contribution in [-0.2, 0) is 16.4 Å². The van der Waals surface area contributed by atoms with Crippen LogP contribution in [0.25, 0.3) is 0 Å². The zero-order valence-corrected chi connectivity index (χ0v) is 15.8. The molecule has 7 heteroatoms. The first-order chi connectivity index (χ1) is 11.3. The van der Waals surface area contributed by atoms with Gasteiger partial charge in [0.25, 0.3) is 0 Å². The molecular formula is C17H19Cl2NO3S. The van der Waals surface area contributed by atoms with Gasteiger partial charge in [-0.05, 0) is 37.5 Å². The average Bonchev–Trinajstić information content (AvgIpc) is 2.55. The van der Waals surface area contributed by atoms with Crippen LogP contribution in [0.15, 0.2) is 47.4 Å². The Morgan fingerprint density at radius 3 is 2.38 bits per heavy atom. The summed E-state index contributed by atoms with van der Waals surface area (Å²) in [6, 6.07) is 12.5. The Bertz CT molecular complexity index is 795. The highest BCUT2D eigenvalue weighted by Crippen LogP contribution is 2.36. The lowest BCUT2D eigenvalue weighted by Crippen LogP contribution is -2.33. The number of methoxy groups -OCH3 is 1. The number of ether oxygens (including phenoxy) is 1. The van der Waals surface area contributed by atoms with Crippen molar-refractivity contribution in [1.29, 1.82) is 0 Å². The minimum atomic E-state index is -3.76. The minimum absolute atomic E-state index is 0.0428. The van der Waals surface area contributed by atoms with E-state index in [2.05, 4.69) is 4.72 Å². The number of aryl methyl sites for hydroxylation is 1. The molecule has 2 rings (SSSR count). The van der Waals surface area contributed by atoms with Crippen LogP contribution in [0.3, 0.4) is 0 Å². The summed E-state index contributed by atoms with van der Waals surface area (Å²) < 4.78 is 32.7. The van der Waals surface area contributed by atoms with Crippen molar-refractivity contribution in [3.8, 4) is 5.75 Å². The van der Waals surface area contributed by atoms with Crippen molar-refractivity contribution in [1.82, 2.24) is 4.72 Å². The van der Waals surface area contributed by atoms with E-state index in [0.717, 1.165) is 12.0 Å². The van der Waals surface area contributed by atoms with E-state index in [1.807, 2.05) is 37.3 Å². The van der Waals surface area contributed by atoms with E-state index in [9.17, 15) is 8.42 Å². The Labute approximate surface area is 152 Å². The van der Waals surface area contributed by atoms with Gasteiger partial charge in [-0.1, -0.05) is 53.5 Å². The van der Waals surface area contributed by atoms with E-state index < -0.39 is 10.0 Å². The smallest absolute Gasteiger partial charge is 0.242 e. The van der Waals surface area contributed by atoms with Crippen molar-refractivity contribution >= 4 is 33.2 Å². The summed E-state index contributed by atoms with van der Waals surface area (Å²) in [7, 11) is -2.32. The summed E-state index contributed by atoms with van der Waals surface area (Å²) in [5.41, 5.74) is 1.16. The molecule has 0 amide bonds.